The summed E-state index contributed by atoms with van der Waals surface area (Å²) >= 11 is 3.28. The molecule has 0 spiro atoms. The van der Waals surface area contributed by atoms with Gasteiger partial charge in [0.05, 0.1) is 24.5 Å². The fraction of sp³-hybridized carbons (Fsp3) is 0.600. The topological polar surface area (TPSA) is 98.3 Å². The average Bonchev–Trinajstić information content (AvgIpc) is 3.06. The number of fused-ring (bicyclic) bond motifs is 1. The predicted octanol–water partition coefficient (Wildman–Crippen LogP) is 1.61. The molecule has 2 aromatic heterocycles. The van der Waals surface area contributed by atoms with Gasteiger partial charge in [-0.3, -0.25) is 4.68 Å². The highest BCUT2D eigenvalue weighted by Gasteiger charge is 2.29. The highest BCUT2D eigenvalue weighted by Crippen LogP contribution is 2.26. The molecule has 3 rings (SSSR count). The molecule has 1 unspecified atom stereocenters. The number of aryl methyl sites for hydroxylation is 1. The molecule has 0 fully saturated rings. The Morgan fingerprint density at radius 3 is 2.64 bits per heavy atom. The van der Waals surface area contributed by atoms with Crippen molar-refractivity contribution in [2.75, 3.05) is 6.54 Å². The van der Waals surface area contributed by atoms with Gasteiger partial charge >= 0.3 is 6.09 Å². The summed E-state index contributed by atoms with van der Waals surface area (Å²) in [6.45, 7) is 6.96. The van der Waals surface area contributed by atoms with Crippen molar-refractivity contribution in [2.45, 2.75) is 45.6 Å². The van der Waals surface area contributed by atoms with E-state index in [1.165, 1.54) is 4.80 Å². The Kier molecular flexibility index (Phi) is 4.58. The number of nitrogens with zero attached hydrogens (tertiary/aromatic N) is 6. The minimum atomic E-state index is -0.990. The van der Waals surface area contributed by atoms with Crippen LogP contribution in [0.25, 0.3) is 0 Å². The number of ether oxygens (including phenoxy) is 1. The Labute approximate surface area is 153 Å². The van der Waals surface area contributed by atoms with Gasteiger partial charge in [0, 0.05) is 13.6 Å². The summed E-state index contributed by atoms with van der Waals surface area (Å²) in [7, 11) is 1.68. The van der Waals surface area contributed by atoms with Gasteiger partial charge in [0.1, 0.15) is 17.4 Å². The number of amides is 1. The van der Waals surface area contributed by atoms with Crippen molar-refractivity contribution in [3.05, 3.63) is 27.8 Å². The highest BCUT2D eigenvalue weighted by atomic mass is 79.9. The minimum Gasteiger partial charge on any atom is -0.444 e. The smallest absolute Gasteiger partial charge is 0.410 e. The average molecular weight is 413 g/mol. The van der Waals surface area contributed by atoms with Crippen LogP contribution in [0.1, 0.15) is 44.0 Å². The first kappa shape index (κ1) is 17.9. The van der Waals surface area contributed by atoms with E-state index in [4.69, 9.17) is 4.74 Å². The van der Waals surface area contributed by atoms with Crippen LogP contribution in [0, 0.1) is 0 Å². The summed E-state index contributed by atoms with van der Waals surface area (Å²) in [6, 6.07) is 1.78. The van der Waals surface area contributed by atoms with E-state index in [-0.39, 0.29) is 6.09 Å². The molecule has 3 heterocycles. The van der Waals surface area contributed by atoms with Gasteiger partial charge in [0.15, 0.2) is 4.60 Å². The first-order valence-electron chi connectivity index (χ1n) is 7.93. The molecule has 1 N–H and O–H groups in total. The summed E-state index contributed by atoms with van der Waals surface area (Å²) in [5, 5.41) is 23.2. The maximum Gasteiger partial charge on any atom is 0.410 e. The zero-order valence-corrected chi connectivity index (χ0v) is 16.2. The van der Waals surface area contributed by atoms with Crippen LogP contribution in [0.4, 0.5) is 4.79 Å². The number of halogens is 1. The third-order valence-electron chi connectivity index (χ3n) is 3.70. The molecule has 2 aromatic rings. The number of hydrogen-bond donors (Lipinski definition) is 1. The number of aromatic nitrogens is 5. The fourth-order valence-corrected chi connectivity index (χ4v) is 3.14. The number of carbonyl (C=O) groups is 1. The Bertz CT molecular complexity index is 794. The van der Waals surface area contributed by atoms with Crippen LogP contribution in [0.15, 0.2) is 10.7 Å². The second kappa shape index (κ2) is 6.41. The molecule has 1 aliphatic rings. The third kappa shape index (κ3) is 3.84. The van der Waals surface area contributed by atoms with Crippen molar-refractivity contribution in [2.24, 2.45) is 7.05 Å². The Hall–Kier alpha value is -1.94. The molecule has 25 heavy (non-hydrogen) atoms. The van der Waals surface area contributed by atoms with E-state index in [1.807, 2.05) is 20.8 Å². The molecule has 136 valence electrons. The van der Waals surface area contributed by atoms with Crippen LogP contribution in [0.5, 0.6) is 0 Å². The molecule has 1 atom stereocenters. The molecule has 0 saturated carbocycles. The van der Waals surface area contributed by atoms with Crippen molar-refractivity contribution >= 4 is 22.0 Å². The van der Waals surface area contributed by atoms with Crippen LogP contribution >= 0.6 is 15.9 Å². The van der Waals surface area contributed by atoms with Crippen molar-refractivity contribution in [1.29, 1.82) is 0 Å². The summed E-state index contributed by atoms with van der Waals surface area (Å²) in [6.07, 6.45) is -1.34. The lowest BCUT2D eigenvalue weighted by Gasteiger charge is -2.30. The van der Waals surface area contributed by atoms with Gasteiger partial charge < -0.3 is 14.7 Å². The molecular weight excluding hydrogens is 392 g/mol. The maximum absolute atomic E-state index is 12.2. The zero-order valence-electron chi connectivity index (χ0n) is 14.6. The largest absolute Gasteiger partial charge is 0.444 e. The Morgan fingerprint density at radius 1 is 1.32 bits per heavy atom. The molecule has 0 aliphatic carbocycles. The number of aliphatic hydroxyl groups excluding tert-OH is 1. The molecular formula is C15H21BrN6O3. The van der Waals surface area contributed by atoms with Gasteiger partial charge in [-0.2, -0.15) is 15.0 Å². The molecule has 0 bridgehead atoms. The molecule has 0 radical (unpaired) electrons. The van der Waals surface area contributed by atoms with Gasteiger partial charge in [-0.1, -0.05) is 0 Å². The van der Waals surface area contributed by atoms with E-state index in [2.05, 4.69) is 31.2 Å². The van der Waals surface area contributed by atoms with Gasteiger partial charge in [-0.25, -0.2) is 4.79 Å². The Balaban J connectivity index is 1.77. The van der Waals surface area contributed by atoms with Crippen LogP contribution in [-0.4, -0.2) is 53.0 Å². The van der Waals surface area contributed by atoms with Crippen LogP contribution in [0.3, 0.4) is 0 Å². The van der Waals surface area contributed by atoms with E-state index in [1.54, 1.807) is 22.7 Å². The molecule has 1 amide bonds. The second-order valence-corrected chi connectivity index (χ2v) is 7.70. The molecule has 0 saturated heterocycles. The second-order valence-electron chi connectivity index (χ2n) is 6.95. The maximum atomic E-state index is 12.2. The van der Waals surface area contributed by atoms with Crippen molar-refractivity contribution in [1.82, 2.24) is 29.7 Å². The fourth-order valence-electron chi connectivity index (χ4n) is 2.61. The first-order valence-corrected chi connectivity index (χ1v) is 8.72. The van der Waals surface area contributed by atoms with Crippen molar-refractivity contribution < 1.29 is 14.6 Å². The number of aliphatic hydroxyl groups is 1. The van der Waals surface area contributed by atoms with Gasteiger partial charge in [-0.15, -0.1) is 5.10 Å². The lowest BCUT2D eigenvalue weighted by molar-refractivity contribution is 0.0194. The van der Waals surface area contributed by atoms with Crippen molar-refractivity contribution in [3.63, 3.8) is 0 Å². The predicted molar refractivity (Wildman–Crippen MR) is 91.6 cm³/mol. The normalized spacial score (nSPS) is 15.8. The number of rotatable bonds is 2. The third-order valence-corrected chi connectivity index (χ3v) is 4.27. The lowest BCUT2D eigenvalue weighted by Crippen LogP contribution is -2.41. The summed E-state index contributed by atoms with van der Waals surface area (Å²) < 4.78 is 7.69. The van der Waals surface area contributed by atoms with Crippen LogP contribution < -0.4 is 0 Å². The van der Waals surface area contributed by atoms with Gasteiger partial charge in [-0.05, 0) is 42.8 Å². The van der Waals surface area contributed by atoms with E-state index in [0.29, 0.717) is 35.6 Å². The zero-order chi connectivity index (χ0) is 18.4. The van der Waals surface area contributed by atoms with Gasteiger partial charge in [0.2, 0.25) is 0 Å². The van der Waals surface area contributed by atoms with E-state index < -0.39 is 11.7 Å². The summed E-state index contributed by atoms with van der Waals surface area (Å²) in [5.74, 6) is 0. The van der Waals surface area contributed by atoms with Crippen LogP contribution in [0.2, 0.25) is 0 Å². The Morgan fingerprint density at radius 2 is 2.04 bits per heavy atom. The quantitative estimate of drug-likeness (QED) is 0.804. The SMILES string of the molecule is Cn1nc(Br)c(C(O)c2cc3n(n2)CCN(C(=O)OC(C)(C)C)C3)n1. The van der Waals surface area contributed by atoms with Crippen molar-refractivity contribution in [3.8, 4) is 0 Å². The number of carbonyl (C=O) groups excluding carboxylic acids is 1. The summed E-state index contributed by atoms with van der Waals surface area (Å²) in [5.41, 5.74) is 1.18. The van der Waals surface area contributed by atoms with E-state index in [0.717, 1.165) is 5.69 Å². The summed E-state index contributed by atoms with van der Waals surface area (Å²) in [4.78, 5) is 15.2. The van der Waals surface area contributed by atoms with E-state index >= 15 is 0 Å². The van der Waals surface area contributed by atoms with Gasteiger partial charge in [0.25, 0.3) is 0 Å². The molecule has 1 aliphatic heterocycles. The van der Waals surface area contributed by atoms with E-state index in [9.17, 15) is 9.90 Å². The molecule has 0 aromatic carbocycles. The standard InChI is InChI=1S/C15H21BrN6O3/c1-15(2,3)25-14(24)21-5-6-22-9(8-21)7-10(17-22)12(23)11-13(16)19-20(4)18-11/h7,12,23H,5-6,8H2,1-4H3. The first-order chi connectivity index (χ1) is 11.6. The molecule has 10 heteroatoms. The minimum absolute atomic E-state index is 0.348. The lowest BCUT2D eigenvalue weighted by atomic mass is 10.2. The highest BCUT2D eigenvalue weighted by molar-refractivity contribution is 9.10. The number of hydrogen-bond acceptors (Lipinski definition) is 6. The monoisotopic (exact) mass is 412 g/mol. The molecule has 9 nitrogen and oxygen atoms in total. The van der Waals surface area contributed by atoms with Crippen LogP contribution in [-0.2, 0) is 24.9 Å².